The number of urea groups is 1. The number of aryl methyl sites for hydroxylation is 1. The van der Waals surface area contributed by atoms with Gasteiger partial charge >= 0.3 is 12.0 Å². The van der Waals surface area contributed by atoms with Gasteiger partial charge in [0.25, 0.3) is 0 Å². The molecule has 2 amide bonds. The Kier molecular flexibility index (Phi) is 9.52. The van der Waals surface area contributed by atoms with Gasteiger partial charge in [-0.15, -0.1) is 0 Å². The van der Waals surface area contributed by atoms with Crippen molar-refractivity contribution in [3.05, 3.63) is 76.7 Å². The number of rotatable bonds is 9. The maximum absolute atomic E-state index is 14.0. The Morgan fingerprint density at radius 1 is 1.10 bits per heavy atom. The van der Waals surface area contributed by atoms with Crippen molar-refractivity contribution in [2.75, 3.05) is 12.4 Å². The fraction of sp³-hybridized carbons (Fsp3) is 0.344. The van der Waals surface area contributed by atoms with Crippen LogP contribution in [0.2, 0.25) is 0 Å². The number of aliphatic hydroxyl groups excluding tert-OH is 2. The minimum atomic E-state index is -1.19. The lowest BCUT2D eigenvalue weighted by molar-refractivity contribution is -0.139. The van der Waals surface area contributed by atoms with Crippen LogP contribution in [0.25, 0.3) is 28.5 Å². The fourth-order valence-corrected chi connectivity index (χ4v) is 5.27. The minimum absolute atomic E-state index is 0.0206. The van der Waals surface area contributed by atoms with E-state index in [4.69, 9.17) is 10.1 Å². The second-order valence-electron chi connectivity index (χ2n) is 10.6. The molecule has 0 aliphatic heterocycles. The van der Waals surface area contributed by atoms with Crippen LogP contribution >= 0.6 is 0 Å². The topological polar surface area (TPSA) is 132 Å². The molecular weight excluding hydrogens is 525 g/mol. The molecule has 2 aromatic carbocycles. The van der Waals surface area contributed by atoms with Crippen LogP contribution < -0.4 is 10.6 Å². The normalized spacial score (nSPS) is 14.2. The Morgan fingerprint density at radius 2 is 1.83 bits per heavy atom. The summed E-state index contributed by atoms with van der Waals surface area (Å²) >= 11 is 0. The van der Waals surface area contributed by atoms with Gasteiger partial charge in [0.15, 0.2) is 0 Å². The summed E-state index contributed by atoms with van der Waals surface area (Å²) in [4.78, 5) is 28.1. The number of aliphatic hydroxyl groups is 2. The fourth-order valence-electron chi connectivity index (χ4n) is 5.27. The van der Waals surface area contributed by atoms with Gasteiger partial charge in [0.05, 0.1) is 30.0 Å². The first-order valence-corrected chi connectivity index (χ1v) is 13.8. The van der Waals surface area contributed by atoms with Crippen LogP contribution in [0.3, 0.4) is 0 Å². The first kappa shape index (κ1) is 29.9. The average Bonchev–Trinajstić information content (AvgIpc) is 3.10. The van der Waals surface area contributed by atoms with Crippen LogP contribution in [0, 0.1) is 5.82 Å². The van der Waals surface area contributed by atoms with Gasteiger partial charge in [0.1, 0.15) is 5.82 Å². The lowest BCUT2D eigenvalue weighted by Gasteiger charge is -2.22. The van der Waals surface area contributed by atoms with Crippen LogP contribution in [-0.2, 0) is 17.6 Å². The van der Waals surface area contributed by atoms with E-state index >= 15 is 0 Å². The van der Waals surface area contributed by atoms with E-state index in [1.54, 1.807) is 31.3 Å². The number of carbonyl (C=O) groups is 2. The number of pyridine rings is 1. The van der Waals surface area contributed by atoms with Crippen LogP contribution in [0.4, 0.5) is 14.9 Å². The summed E-state index contributed by atoms with van der Waals surface area (Å²) in [6.07, 6.45) is 2.84. The summed E-state index contributed by atoms with van der Waals surface area (Å²) < 4.78 is 14.0. The predicted octanol–water partition coefficient (Wildman–Crippen LogP) is 5.52. The summed E-state index contributed by atoms with van der Waals surface area (Å²) in [6.45, 7) is 4.05. The van der Waals surface area contributed by atoms with Gasteiger partial charge < -0.3 is 26.0 Å². The highest BCUT2D eigenvalue weighted by molar-refractivity contribution is 5.91. The summed E-state index contributed by atoms with van der Waals surface area (Å²) in [7, 11) is 1.55. The third-order valence-corrected chi connectivity index (χ3v) is 7.18. The molecule has 1 aromatic heterocycles. The van der Waals surface area contributed by atoms with Crippen molar-refractivity contribution >= 4 is 23.8 Å². The Balaban J connectivity index is 1.92. The number of amides is 2. The molecule has 0 spiro atoms. The lowest BCUT2D eigenvalue weighted by atomic mass is 9.86. The summed E-state index contributed by atoms with van der Waals surface area (Å²) in [5.74, 6) is -1.51. The molecule has 1 aliphatic carbocycles. The van der Waals surface area contributed by atoms with E-state index in [1.807, 2.05) is 32.0 Å². The van der Waals surface area contributed by atoms with Crippen LogP contribution in [0.1, 0.15) is 61.4 Å². The van der Waals surface area contributed by atoms with Crippen molar-refractivity contribution in [1.82, 2.24) is 10.3 Å². The van der Waals surface area contributed by atoms with E-state index in [1.165, 1.54) is 12.1 Å². The van der Waals surface area contributed by atoms with Gasteiger partial charge in [-0.25, -0.2) is 9.18 Å². The second kappa shape index (κ2) is 13.1. The highest BCUT2D eigenvalue weighted by atomic mass is 19.1. The van der Waals surface area contributed by atoms with E-state index in [0.29, 0.717) is 12.1 Å². The number of nitrogens with one attached hydrogen (secondary N) is 2. The van der Waals surface area contributed by atoms with E-state index in [2.05, 4.69) is 10.6 Å². The van der Waals surface area contributed by atoms with Crippen LogP contribution in [-0.4, -0.2) is 51.6 Å². The van der Waals surface area contributed by atoms with Gasteiger partial charge in [-0.05, 0) is 71.7 Å². The Morgan fingerprint density at radius 3 is 2.49 bits per heavy atom. The lowest BCUT2D eigenvalue weighted by Crippen LogP contribution is -2.24. The van der Waals surface area contributed by atoms with E-state index < -0.39 is 24.6 Å². The third-order valence-electron chi connectivity index (χ3n) is 7.18. The van der Waals surface area contributed by atoms with E-state index in [-0.39, 0.29) is 24.2 Å². The quantitative estimate of drug-likeness (QED) is 0.234. The molecule has 0 unspecified atom stereocenters. The highest BCUT2D eigenvalue weighted by Gasteiger charge is 2.26. The highest BCUT2D eigenvalue weighted by Crippen LogP contribution is 2.42. The van der Waals surface area contributed by atoms with Gasteiger partial charge in [-0.3, -0.25) is 9.78 Å². The maximum atomic E-state index is 14.0. The average molecular weight is 562 g/mol. The molecule has 41 heavy (non-hydrogen) atoms. The molecule has 5 N–H and O–H groups in total. The summed E-state index contributed by atoms with van der Waals surface area (Å²) in [5, 5.41) is 35.0. The second-order valence-corrected chi connectivity index (χ2v) is 10.6. The molecule has 0 radical (unpaired) electrons. The molecule has 1 aliphatic rings. The molecule has 0 saturated carbocycles. The molecular formula is C32H36FN3O5. The zero-order chi connectivity index (χ0) is 29.7. The van der Waals surface area contributed by atoms with Crippen LogP contribution in [0.15, 0.2) is 48.5 Å². The summed E-state index contributed by atoms with van der Waals surface area (Å²) in [6, 6.07) is 11.8. The number of hydrogen-bond donors (Lipinski definition) is 5. The molecule has 2 atom stereocenters. The predicted molar refractivity (Wildman–Crippen MR) is 157 cm³/mol. The van der Waals surface area contributed by atoms with Crippen LogP contribution in [0.5, 0.6) is 0 Å². The molecule has 0 saturated heterocycles. The molecule has 9 heteroatoms. The Hall–Kier alpha value is -4.08. The number of benzene rings is 2. The summed E-state index contributed by atoms with van der Waals surface area (Å²) in [5.41, 5.74) is 7.69. The van der Waals surface area contributed by atoms with Crippen molar-refractivity contribution in [2.24, 2.45) is 0 Å². The number of halogens is 1. The zero-order valence-electron chi connectivity index (χ0n) is 23.4. The smallest absolute Gasteiger partial charge is 0.318 e. The third kappa shape index (κ3) is 7.17. The zero-order valence-corrected chi connectivity index (χ0v) is 23.4. The maximum Gasteiger partial charge on any atom is 0.318 e. The Bertz CT molecular complexity index is 1450. The van der Waals surface area contributed by atoms with Crippen molar-refractivity contribution < 1.29 is 29.3 Å². The number of fused-ring (bicyclic) bond motifs is 3. The number of anilines is 1. The Labute approximate surface area is 239 Å². The van der Waals surface area contributed by atoms with E-state index in [0.717, 1.165) is 57.6 Å². The molecule has 0 fully saturated rings. The number of carboxylic acid groups (broad SMARTS) is 1. The molecule has 8 nitrogen and oxygen atoms in total. The standard InChI is InChI=1S/C32H36FN3O5/c1-18(2)30-26(14-13-23(37)16-24(38)17-28(39)40)29(20-7-10-21(33)11-8-20)25-6-4-5-19-9-12-22(35-32(41)34-3)15-27(19)31(25)36-30/h7-15,18,23-24,37-38H,4-6,16-17H2,1-3H3,(H,39,40)(H2,34,35,41)/b14-13+/t23-,24-/m1/s1. The van der Waals surface area contributed by atoms with Gasteiger partial charge in [-0.1, -0.05) is 44.2 Å². The van der Waals surface area contributed by atoms with E-state index in [9.17, 15) is 24.2 Å². The van der Waals surface area contributed by atoms with Crippen molar-refractivity contribution in [3.8, 4) is 22.4 Å². The number of carbonyl (C=O) groups excluding carboxylic acids is 1. The van der Waals surface area contributed by atoms with Gasteiger partial charge in [-0.2, -0.15) is 0 Å². The van der Waals surface area contributed by atoms with Gasteiger partial charge in [0.2, 0.25) is 0 Å². The minimum Gasteiger partial charge on any atom is -0.481 e. The largest absolute Gasteiger partial charge is 0.481 e. The number of carboxylic acids is 1. The molecule has 3 aromatic rings. The number of aromatic nitrogens is 1. The monoisotopic (exact) mass is 561 g/mol. The molecule has 216 valence electrons. The first-order valence-electron chi connectivity index (χ1n) is 13.8. The molecule has 4 rings (SSSR count). The van der Waals surface area contributed by atoms with Crippen molar-refractivity contribution in [3.63, 3.8) is 0 Å². The molecule has 1 heterocycles. The number of hydrogen-bond acceptors (Lipinski definition) is 5. The number of aliphatic carboxylic acids is 1. The van der Waals surface area contributed by atoms with Crippen molar-refractivity contribution in [1.29, 1.82) is 0 Å². The first-order chi connectivity index (χ1) is 19.6. The van der Waals surface area contributed by atoms with Crippen molar-refractivity contribution in [2.45, 2.75) is 64.1 Å². The SMILES string of the molecule is CNC(=O)Nc1ccc2c(c1)-c1nc(C(C)C)c(/C=C/[C@@H](O)C[C@@H](O)CC(=O)O)c(-c3ccc(F)cc3)c1CCC2. The van der Waals surface area contributed by atoms with Gasteiger partial charge in [0, 0.05) is 30.3 Å². The number of nitrogens with zero attached hydrogens (tertiary/aromatic N) is 1. The molecule has 0 bridgehead atoms.